The van der Waals surface area contributed by atoms with Crippen LogP contribution in [0, 0.1) is 0 Å². The van der Waals surface area contributed by atoms with Gasteiger partial charge in [0.1, 0.15) is 18.0 Å². The maximum absolute atomic E-state index is 13.0. The van der Waals surface area contributed by atoms with Crippen molar-refractivity contribution in [2.24, 2.45) is 5.10 Å². The van der Waals surface area contributed by atoms with Gasteiger partial charge in [0, 0.05) is 26.0 Å². The van der Waals surface area contributed by atoms with E-state index in [0.29, 0.717) is 12.2 Å². The molecular formula is C22H25N3O4. The first kappa shape index (κ1) is 20.4. The zero-order valence-electron chi connectivity index (χ0n) is 17.1. The molecule has 1 unspecified atom stereocenters. The highest BCUT2D eigenvalue weighted by Crippen LogP contribution is 2.37. The van der Waals surface area contributed by atoms with Crippen LogP contribution in [0.3, 0.4) is 0 Å². The van der Waals surface area contributed by atoms with E-state index < -0.39 is 0 Å². The van der Waals surface area contributed by atoms with Crippen molar-refractivity contribution in [2.45, 2.75) is 19.4 Å². The fourth-order valence-corrected chi connectivity index (χ4v) is 3.27. The Kier molecular flexibility index (Phi) is 6.16. The molecule has 152 valence electrons. The first-order valence-electron chi connectivity index (χ1n) is 9.33. The predicted octanol–water partition coefficient (Wildman–Crippen LogP) is 2.86. The summed E-state index contributed by atoms with van der Waals surface area (Å²) in [5, 5.41) is 6.09. The van der Waals surface area contributed by atoms with E-state index in [2.05, 4.69) is 5.10 Å². The zero-order chi connectivity index (χ0) is 21.0. The van der Waals surface area contributed by atoms with Gasteiger partial charge >= 0.3 is 0 Å². The Balaban J connectivity index is 1.95. The number of likely N-dealkylation sites (N-methyl/N-ethyl adjacent to an activating group) is 1. The molecule has 0 saturated heterocycles. The number of hydrogen-bond donors (Lipinski definition) is 0. The number of hydrogen-bond acceptors (Lipinski definition) is 5. The van der Waals surface area contributed by atoms with Crippen molar-refractivity contribution in [1.82, 2.24) is 9.91 Å². The van der Waals surface area contributed by atoms with Gasteiger partial charge in [0.15, 0.2) is 0 Å². The summed E-state index contributed by atoms with van der Waals surface area (Å²) in [5.41, 5.74) is 2.59. The molecule has 1 atom stereocenters. The number of rotatable bonds is 6. The van der Waals surface area contributed by atoms with Gasteiger partial charge in [-0.2, -0.15) is 5.10 Å². The molecule has 0 N–H and O–H groups in total. The molecule has 0 saturated carbocycles. The molecule has 1 aliphatic heterocycles. The van der Waals surface area contributed by atoms with Crippen LogP contribution in [-0.4, -0.2) is 55.2 Å². The van der Waals surface area contributed by atoms with Crippen LogP contribution in [0.15, 0.2) is 53.6 Å². The molecule has 0 fully saturated rings. The van der Waals surface area contributed by atoms with E-state index in [1.54, 1.807) is 21.3 Å². The Morgan fingerprint density at radius 3 is 2.41 bits per heavy atom. The molecule has 7 nitrogen and oxygen atoms in total. The van der Waals surface area contributed by atoms with Crippen LogP contribution in [-0.2, 0) is 9.59 Å². The summed E-state index contributed by atoms with van der Waals surface area (Å²) in [4.78, 5) is 25.9. The van der Waals surface area contributed by atoms with Crippen LogP contribution in [0.4, 0.5) is 0 Å². The molecule has 0 bridgehead atoms. The summed E-state index contributed by atoms with van der Waals surface area (Å²) in [6.45, 7) is 1.39. The number of methoxy groups -OCH3 is 2. The van der Waals surface area contributed by atoms with E-state index in [-0.39, 0.29) is 24.4 Å². The van der Waals surface area contributed by atoms with Crippen molar-refractivity contribution in [3.05, 3.63) is 59.7 Å². The number of ether oxygens (including phenoxy) is 2. The zero-order valence-corrected chi connectivity index (χ0v) is 17.1. The van der Waals surface area contributed by atoms with E-state index in [1.165, 1.54) is 16.8 Å². The van der Waals surface area contributed by atoms with Crippen LogP contribution in [0.5, 0.6) is 11.5 Å². The first-order valence-corrected chi connectivity index (χ1v) is 9.33. The van der Waals surface area contributed by atoms with Gasteiger partial charge in [-0.3, -0.25) is 9.59 Å². The van der Waals surface area contributed by atoms with E-state index in [0.717, 1.165) is 22.6 Å². The number of hydrazone groups is 1. The standard InChI is InChI=1S/C22H25N3O4/c1-15(26)24(2)14-22(27)25-20(18-7-5-6-8-21(18)29-4)13-19(23-25)16-9-11-17(28-3)12-10-16/h5-12,20H,13-14H2,1-4H3. The lowest BCUT2D eigenvalue weighted by Crippen LogP contribution is -2.38. The second kappa shape index (κ2) is 8.77. The van der Waals surface area contributed by atoms with Gasteiger partial charge in [-0.1, -0.05) is 18.2 Å². The smallest absolute Gasteiger partial charge is 0.262 e. The van der Waals surface area contributed by atoms with Gasteiger partial charge in [-0.15, -0.1) is 0 Å². The Labute approximate surface area is 170 Å². The van der Waals surface area contributed by atoms with E-state index in [1.807, 2.05) is 48.5 Å². The van der Waals surface area contributed by atoms with Crippen molar-refractivity contribution >= 4 is 17.5 Å². The molecule has 29 heavy (non-hydrogen) atoms. The number of carbonyl (C=O) groups excluding carboxylic acids is 2. The minimum absolute atomic E-state index is 0.0413. The summed E-state index contributed by atoms with van der Waals surface area (Å²) in [5.74, 6) is 1.03. The van der Waals surface area contributed by atoms with Gasteiger partial charge in [0.2, 0.25) is 5.91 Å². The molecule has 2 amide bonds. The number of amides is 2. The Morgan fingerprint density at radius 1 is 1.10 bits per heavy atom. The largest absolute Gasteiger partial charge is 0.497 e. The third-order valence-electron chi connectivity index (χ3n) is 5.00. The highest BCUT2D eigenvalue weighted by atomic mass is 16.5. The van der Waals surface area contributed by atoms with Crippen LogP contribution in [0.25, 0.3) is 0 Å². The van der Waals surface area contributed by atoms with Gasteiger partial charge < -0.3 is 14.4 Å². The lowest BCUT2D eigenvalue weighted by Gasteiger charge is -2.25. The summed E-state index contributed by atoms with van der Waals surface area (Å²) in [6, 6.07) is 14.9. The van der Waals surface area contributed by atoms with Gasteiger partial charge in [-0.05, 0) is 35.9 Å². The van der Waals surface area contributed by atoms with Gasteiger partial charge in [0.25, 0.3) is 5.91 Å². The molecule has 0 aromatic heterocycles. The lowest BCUT2D eigenvalue weighted by molar-refractivity contribution is -0.139. The van der Waals surface area contributed by atoms with Gasteiger partial charge in [0.05, 0.1) is 26.0 Å². The van der Waals surface area contributed by atoms with Gasteiger partial charge in [-0.25, -0.2) is 5.01 Å². The van der Waals surface area contributed by atoms with Crippen LogP contribution in [0.2, 0.25) is 0 Å². The third kappa shape index (κ3) is 4.39. The number of para-hydroxylation sites is 1. The maximum atomic E-state index is 13.0. The first-order chi connectivity index (χ1) is 13.9. The molecular weight excluding hydrogens is 370 g/mol. The normalized spacial score (nSPS) is 15.7. The van der Waals surface area contributed by atoms with Crippen molar-refractivity contribution in [2.75, 3.05) is 27.8 Å². The highest BCUT2D eigenvalue weighted by Gasteiger charge is 2.35. The van der Waals surface area contributed by atoms with Crippen LogP contribution >= 0.6 is 0 Å². The predicted molar refractivity (Wildman–Crippen MR) is 110 cm³/mol. The molecule has 0 radical (unpaired) electrons. The molecule has 1 aliphatic rings. The van der Waals surface area contributed by atoms with E-state index in [4.69, 9.17) is 9.47 Å². The molecule has 7 heteroatoms. The topological polar surface area (TPSA) is 71.4 Å². The van der Waals surface area contributed by atoms with Crippen molar-refractivity contribution in [3.8, 4) is 11.5 Å². The Morgan fingerprint density at radius 2 is 1.79 bits per heavy atom. The average molecular weight is 395 g/mol. The number of carbonyl (C=O) groups is 2. The SMILES string of the molecule is COc1ccc(C2=NN(C(=O)CN(C)C(C)=O)C(c3ccccc3OC)C2)cc1. The summed E-state index contributed by atoms with van der Waals surface area (Å²) in [7, 11) is 4.82. The maximum Gasteiger partial charge on any atom is 0.262 e. The van der Waals surface area contributed by atoms with E-state index >= 15 is 0 Å². The number of nitrogens with zero attached hydrogens (tertiary/aromatic N) is 3. The fourth-order valence-electron chi connectivity index (χ4n) is 3.27. The molecule has 2 aromatic carbocycles. The van der Waals surface area contributed by atoms with Crippen LogP contribution < -0.4 is 9.47 Å². The number of benzene rings is 2. The van der Waals surface area contributed by atoms with Crippen molar-refractivity contribution < 1.29 is 19.1 Å². The third-order valence-corrected chi connectivity index (χ3v) is 5.00. The Bertz CT molecular complexity index is 924. The molecule has 0 aliphatic carbocycles. The summed E-state index contributed by atoms with van der Waals surface area (Å²) < 4.78 is 10.7. The summed E-state index contributed by atoms with van der Waals surface area (Å²) in [6.07, 6.45) is 0.544. The van der Waals surface area contributed by atoms with Crippen molar-refractivity contribution in [3.63, 3.8) is 0 Å². The molecule has 2 aromatic rings. The molecule has 1 heterocycles. The lowest BCUT2D eigenvalue weighted by atomic mass is 9.97. The quantitative estimate of drug-likeness (QED) is 0.754. The minimum Gasteiger partial charge on any atom is -0.497 e. The summed E-state index contributed by atoms with van der Waals surface area (Å²) >= 11 is 0. The van der Waals surface area contributed by atoms with Crippen molar-refractivity contribution in [1.29, 1.82) is 0 Å². The second-order valence-electron chi connectivity index (χ2n) is 6.85. The molecule has 3 rings (SSSR count). The highest BCUT2D eigenvalue weighted by molar-refractivity contribution is 6.03. The average Bonchev–Trinajstić information content (AvgIpc) is 3.19. The van der Waals surface area contributed by atoms with E-state index in [9.17, 15) is 9.59 Å². The fraction of sp³-hybridized carbons (Fsp3) is 0.318. The Hall–Kier alpha value is -3.35. The minimum atomic E-state index is -0.309. The van der Waals surface area contributed by atoms with Crippen LogP contribution in [0.1, 0.15) is 30.5 Å². The second-order valence-corrected chi connectivity index (χ2v) is 6.85. The monoisotopic (exact) mass is 395 g/mol. The molecule has 0 spiro atoms.